The van der Waals surface area contributed by atoms with Crippen LogP contribution in [-0.2, 0) is 11.2 Å². The molecule has 0 aliphatic rings. The summed E-state index contributed by atoms with van der Waals surface area (Å²) in [6, 6.07) is 6.40. The van der Waals surface area contributed by atoms with Gasteiger partial charge in [0.25, 0.3) is 11.6 Å². The molecule has 0 aliphatic carbocycles. The van der Waals surface area contributed by atoms with Gasteiger partial charge in [-0.2, -0.15) is 0 Å². The third-order valence-electron chi connectivity index (χ3n) is 3.40. The maximum absolute atomic E-state index is 13.2. The number of carbonyl (C=O) groups excluding carboxylic acids is 1. The van der Waals surface area contributed by atoms with Gasteiger partial charge in [0.2, 0.25) is 0 Å². The van der Waals surface area contributed by atoms with Crippen LogP contribution in [0.5, 0.6) is 0 Å². The molecule has 0 unspecified atom stereocenters. The molecule has 0 spiro atoms. The number of carboxylic acids is 1. The van der Waals surface area contributed by atoms with Crippen LogP contribution in [0.1, 0.15) is 15.9 Å². The van der Waals surface area contributed by atoms with Gasteiger partial charge < -0.3 is 10.4 Å². The van der Waals surface area contributed by atoms with E-state index in [4.69, 9.17) is 0 Å². The van der Waals surface area contributed by atoms with E-state index in [-0.39, 0.29) is 23.2 Å². The first-order chi connectivity index (χ1) is 11.8. The summed E-state index contributed by atoms with van der Waals surface area (Å²) in [5.74, 6) is -4.76. The van der Waals surface area contributed by atoms with E-state index >= 15 is 0 Å². The Bertz CT molecular complexity index is 841. The van der Waals surface area contributed by atoms with Crippen LogP contribution in [0, 0.1) is 21.7 Å². The Kier molecular flexibility index (Phi) is 5.38. The van der Waals surface area contributed by atoms with Crippen molar-refractivity contribution in [2.24, 2.45) is 0 Å². The average Bonchev–Trinajstić information content (AvgIpc) is 2.56. The monoisotopic (exact) mass is 350 g/mol. The SMILES string of the molecule is O=C(N[C@H](Cc1ccccc1[N+](=O)[O-])C(=O)O)c1ccc(F)c(F)c1. The lowest BCUT2D eigenvalue weighted by molar-refractivity contribution is -0.385. The van der Waals surface area contributed by atoms with Gasteiger partial charge in [-0.25, -0.2) is 13.6 Å². The molecule has 9 heteroatoms. The number of carboxylic acid groups (broad SMARTS) is 1. The average molecular weight is 350 g/mol. The Hall–Kier alpha value is -3.36. The minimum Gasteiger partial charge on any atom is -0.480 e. The van der Waals surface area contributed by atoms with E-state index in [0.29, 0.717) is 6.07 Å². The van der Waals surface area contributed by atoms with Crippen LogP contribution in [0.25, 0.3) is 0 Å². The van der Waals surface area contributed by atoms with Gasteiger partial charge in [0.15, 0.2) is 11.6 Å². The van der Waals surface area contributed by atoms with Crippen molar-refractivity contribution >= 4 is 17.6 Å². The van der Waals surface area contributed by atoms with E-state index < -0.39 is 34.5 Å². The number of nitrogens with zero attached hydrogens (tertiary/aromatic N) is 1. The van der Waals surface area contributed by atoms with Gasteiger partial charge in [-0.15, -0.1) is 0 Å². The maximum Gasteiger partial charge on any atom is 0.326 e. The summed E-state index contributed by atoms with van der Waals surface area (Å²) in [5, 5.41) is 22.4. The van der Waals surface area contributed by atoms with Crippen molar-refractivity contribution in [3.05, 3.63) is 75.3 Å². The topological polar surface area (TPSA) is 110 Å². The van der Waals surface area contributed by atoms with Gasteiger partial charge in [0, 0.05) is 23.6 Å². The van der Waals surface area contributed by atoms with E-state index in [2.05, 4.69) is 5.32 Å². The zero-order valence-corrected chi connectivity index (χ0v) is 12.6. The number of nitrogens with one attached hydrogen (secondary N) is 1. The molecule has 2 aromatic carbocycles. The first-order valence-corrected chi connectivity index (χ1v) is 7.00. The first kappa shape index (κ1) is 18.0. The lowest BCUT2D eigenvalue weighted by Gasteiger charge is -2.15. The van der Waals surface area contributed by atoms with Gasteiger partial charge >= 0.3 is 5.97 Å². The predicted molar refractivity (Wildman–Crippen MR) is 82.0 cm³/mol. The Labute approximate surface area is 140 Å². The number of hydrogen-bond donors (Lipinski definition) is 2. The Morgan fingerprint density at radius 3 is 2.44 bits per heavy atom. The van der Waals surface area contributed by atoms with Crippen molar-refractivity contribution in [2.45, 2.75) is 12.5 Å². The number of amides is 1. The van der Waals surface area contributed by atoms with Crippen LogP contribution in [0.4, 0.5) is 14.5 Å². The Morgan fingerprint density at radius 2 is 1.84 bits per heavy atom. The molecule has 2 aromatic rings. The van der Waals surface area contributed by atoms with Gasteiger partial charge in [-0.1, -0.05) is 18.2 Å². The third kappa shape index (κ3) is 4.34. The molecule has 0 saturated carbocycles. The van der Waals surface area contributed by atoms with E-state index in [9.17, 15) is 33.6 Å². The van der Waals surface area contributed by atoms with Crippen LogP contribution in [0.3, 0.4) is 0 Å². The fourth-order valence-electron chi connectivity index (χ4n) is 2.16. The zero-order chi connectivity index (χ0) is 18.6. The number of carbonyl (C=O) groups is 2. The van der Waals surface area contributed by atoms with Crippen LogP contribution in [-0.4, -0.2) is 27.9 Å². The maximum atomic E-state index is 13.2. The number of hydrogen-bond acceptors (Lipinski definition) is 4. The number of rotatable bonds is 6. The van der Waals surface area contributed by atoms with Crippen molar-refractivity contribution < 1.29 is 28.4 Å². The lowest BCUT2D eigenvalue weighted by atomic mass is 10.0. The van der Waals surface area contributed by atoms with Gasteiger partial charge in [0.1, 0.15) is 6.04 Å². The summed E-state index contributed by atoms with van der Waals surface area (Å²) in [7, 11) is 0. The number of nitro groups is 1. The fourth-order valence-corrected chi connectivity index (χ4v) is 2.16. The van der Waals surface area contributed by atoms with Crippen LogP contribution >= 0.6 is 0 Å². The normalized spacial score (nSPS) is 11.6. The molecule has 130 valence electrons. The highest BCUT2D eigenvalue weighted by molar-refractivity contribution is 5.96. The molecular formula is C16H12F2N2O5. The van der Waals surface area contributed by atoms with Crippen molar-refractivity contribution in [3.63, 3.8) is 0 Å². The van der Waals surface area contributed by atoms with Crippen molar-refractivity contribution in [2.75, 3.05) is 0 Å². The second-order valence-electron chi connectivity index (χ2n) is 5.08. The highest BCUT2D eigenvalue weighted by Gasteiger charge is 2.25. The molecule has 0 aliphatic heterocycles. The van der Waals surface area contributed by atoms with Crippen molar-refractivity contribution in [1.29, 1.82) is 0 Å². The van der Waals surface area contributed by atoms with Crippen molar-refractivity contribution in [1.82, 2.24) is 5.32 Å². The first-order valence-electron chi connectivity index (χ1n) is 7.00. The van der Waals surface area contributed by atoms with Gasteiger partial charge in [-0.05, 0) is 18.2 Å². The van der Waals surface area contributed by atoms with E-state index in [0.717, 1.165) is 12.1 Å². The van der Waals surface area contributed by atoms with Gasteiger partial charge in [-0.3, -0.25) is 14.9 Å². The molecule has 25 heavy (non-hydrogen) atoms. The number of halogens is 2. The molecule has 0 aromatic heterocycles. The summed E-state index contributed by atoms with van der Waals surface area (Å²) in [6.45, 7) is 0. The molecule has 0 heterocycles. The van der Waals surface area contributed by atoms with Gasteiger partial charge in [0.05, 0.1) is 4.92 Å². The number of nitro benzene ring substituents is 1. The summed E-state index contributed by atoms with van der Waals surface area (Å²) in [5.41, 5.74) is -0.436. The molecular weight excluding hydrogens is 338 g/mol. The molecule has 1 atom stereocenters. The minimum atomic E-state index is -1.48. The summed E-state index contributed by atoms with van der Waals surface area (Å²) < 4.78 is 26.1. The predicted octanol–water partition coefficient (Wildman–Crippen LogP) is 2.30. The molecule has 2 N–H and O–H groups in total. The Morgan fingerprint density at radius 1 is 1.16 bits per heavy atom. The zero-order valence-electron chi connectivity index (χ0n) is 12.6. The van der Waals surface area contributed by atoms with E-state index in [1.165, 1.54) is 24.3 Å². The summed E-state index contributed by atoms with van der Waals surface area (Å²) in [6.07, 6.45) is -0.345. The molecule has 7 nitrogen and oxygen atoms in total. The lowest BCUT2D eigenvalue weighted by Crippen LogP contribution is -2.42. The van der Waals surface area contributed by atoms with Crippen LogP contribution in [0.15, 0.2) is 42.5 Å². The Balaban J connectivity index is 2.22. The fraction of sp³-hybridized carbons (Fsp3) is 0.125. The molecule has 2 rings (SSSR count). The summed E-state index contributed by atoms with van der Waals surface area (Å²) >= 11 is 0. The minimum absolute atomic E-state index is 0.116. The molecule has 0 bridgehead atoms. The van der Waals surface area contributed by atoms with Crippen LogP contribution < -0.4 is 5.32 Å². The van der Waals surface area contributed by atoms with E-state index in [1.54, 1.807) is 0 Å². The highest BCUT2D eigenvalue weighted by atomic mass is 19.2. The van der Waals surface area contributed by atoms with Crippen molar-refractivity contribution in [3.8, 4) is 0 Å². The molecule has 0 radical (unpaired) electrons. The summed E-state index contributed by atoms with van der Waals surface area (Å²) in [4.78, 5) is 33.7. The van der Waals surface area contributed by atoms with Crippen LogP contribution in [0.2, 0.25) is 0 Å². The standard InChI is InChI=1S/C16H12F2N2O5/c17-11-6-5-10(7-12(11)18)15(21)19-13(16(22)23)8-9-3-1-2-4-14(9)20(24)25/h1-7,13H,8H2,(H,19,21)(H,22,23)/t13-/m1/s1. The second-order valence-corrected chi connectivity index (χ2v) is 5.08. The van der Waals surface area contributed by atoms with E-state index in [1.807, 2.05) is 0 Å². The molecule has 0 saturated heterocycles. The highest BCUT2D eigenvalue weighted by Crippen LogP contribution is 2.19. The second kappa shape index (κ2) is 7.47. The molecule has 0 fully saturated rings. The molecule has 1 amide bonds. The third-order valence-corrected chi connectivity index (χ3v) is 3.40. The smallest absolute Gasteiger partial charge is 0.326 e. The quantitative estimate of drug-likeness (QED) is 0.614. The largest absolute Gasteiger partial charge is 0.480 e. The number of aliphatic carboxylic acids is 1. The number of benzene rings is 2. The number of para-hydroxylation sites is 1.